The first kappa shape index (κ1) is 18.4. The van der Waals surface area contributed by atoms with Gasteiger partial charge in [0.25, 0.3) is 5.91 Å². The second-order valence-electron chi connectivity index (χ2n) is 4.64. The van der Waals surface area contributed by atoms with Crippen molar-refractivity contribution in [2.24, 2.45) is 0 Å². The molecular formula is C16H24N2O3S. The van der Waals surface area contributed by atoms with Gasteiger partial charge in [-0.3, -0.25) is 10.1 Å². The normalized spacial score (nSPS) is 10.1. The fourth-order valence-electron chi connectivity index (χ4n) is 1.69. The molecule has 0 radical (unpaired) electrons. The monoisotopic (exact) mass is 324 g/mol. The fourth-order valence-corrected chi connectivity index (χ4v) is 1.88. The zero-order valence-electron chi connectivity index (χ0n) is 13.2. The number of benzene rings is 1. The SMILES string of the molecule is CCCCNC(=S)NC(=O)c1cccc(OCCOCC)c1. The average molecular weight is 324 g/mol. The number of nitrogens with one attached hydrogen (secondary N) is 2. The third-order valence-corrected chi connectivity index (χ3v) is 3.09. The molecule has 0 bridgehead atoms. The van der Waals surface area contributed by atoms with Crippen molar-refractivity contribution >= 4 is 23.2 Å². The van der Waals surface area contributed by atoms with E-state index in [9.17, 15) is 4.79 Å². The van der Waals surface area contributed by atoms with Crippen molar-refractivity contribution in [3.05, 3.63) is 29.8 Å². The predicted molar refractivity (Wildman–Crippen MR) is 91.4 cm³/mol. The molecule has 0 fully saturated rings. The average Bonchev–Trinajstić information content (AvgIpc) is 2.52. The Morgan fingerprint density at radius 3 is 2.82 bits per heavy atom. The Hall–Kier alpha value is -1.66. The van der Waals surface area contributed by atoms with Crippen LogP contribution in [-0.4, -0.2) is 37.4 Å². The predicted octanol–water partition coefficient (Wildman–Crippen LogP) is 2.51. The second-order valence-corrected chi connectivity index (χ2v) is 5.05. The number of unbranched alkanes of at least 4 members (excludes halogenated alkanes) is 1. The van der Waals surface area contributed by atoms with E-state index in [1.165, 1.54) is 0 Å². The third kappa shape index (κ3) is 7.38. The second kappa shape index (κ2) is 11.0. The van der Waals surface area contributed by atoms with E-state index in [4.69, 9.17) is 21.7 Å². The smallest absolute Gasteiger partial charge is 0.257 e. The molecule has 0 aliphatic heterocycles. The first-order valence-electron chi connectivity index (χ1n) is 7.57. The van der Waals surface area contributed by atoms with Crippen molar-refractivity contribution in [1.29, 1.82) is 0 Å². The molecule has 0 spiro atoms. The lowest BCUT2D eigenvalue weighted by Gasteiger charge is -2.10. The quantitative estimate of drug-likeness (QED) is 0.540. The minimum atomic E-state index is -0.246. The van der Waals surface area contributed by atoms with Crippen LogP contribution in [0.1, 0.15) is 37.0 Å². The Morgan fingerprint density at radius 1 is 1.27 bits per heavy atom. The maximum absolute atomic E-state index is 12.1. The number of carbonyl (C=O) groups is 1. The molecule has 5 nitrogen and oxygen atoms in total. The summed E-state index contributed by atoms with van der Waals surface area (Å²) in [5, 5.41) is 6.01. The van der Waals surface area contributed by atoms with Crippen LogP contribution in [0.5, 0.6) is 5.75 Å². The Kier molecular flexibility index (Phi) is 9.18. The van der Waals surface area contributed by atoms with Gasteiger partial charge in [-0.2, -0.15) is 0 Å². The summed E-state index contributed by atoms with van der Waals surface area (Å²) in [4.78, 5) is 12.1. The van der Waals surface area contributed by atoms with Gasteiger partial charge in [-0.05, 0) is 43.8 Å². The summed E-state index contributed by atoms with van der Waals surface area (Å²) in [6.45, 7) is 6.43. The van der Waals surface area contributed by atoms with Gasteiger partial charge in [0, 0.05) is 18.7 Å². The number of hydrogen-bond acceptors (Lipinski definition) is 4. The summed E-state index contributed by atoms with van der Waals surface area (Å²) in [6, 6.07) is 6.99. The van der Waals surface area contributed by atoms with Crippen LogP contribution in [0.2, 0.25) is 0 Å². The molecule has 1 aromatic rings. The van der Waals surface area contributed by atoms with Gasteiger partial charge in [-0.25, -0.2) is 0 Å². The molecule has 6 heteroatoms. The van der Waals surface area contributed by atoms with Crippen LogP contribution in [-0.2, 0) is 4.74 Å². The molecule has 122 valence electrons. The number of carbonyl (C=O) groups excluding carboxylic acids is 1. The molecule has 0 aliphatic carbocycles. The number of thiocarbonyl (C=S) groups is 1. The van der Waals surface area contributed by atoms with Gasteiger partial charge >= 0.3 is 0 Å². The molecule has 0 saturated carbocycles. The van der Waals surface area contributed by atoms with Gasteiger partial charge < -0.3 is 14.8 Å². The Bertz CT molecular complexity index is 480. The van der Waals surface area contributed by atoms with Crippen molar-refractivity contribution in [2.75, 3.05) is 26.4 Å². The van der Waals surface area contributed by atoms with Crippen LogP contribution in [0.15, 0.2) is 24.3 Å². The van der Waals surface area contributed by atoms with E-state index in [1.807, 2.05) is 6.92 Å². The molecule has 0 unspecified atom stereocenters. The van der Waals surface area contributed by atoms with Gasteiger partial charge in [0.15, 0.2) is 5.11 Å². The van der Waals surface area contributed by atoms with Gasteiger partial charge in [-0.1, -0.05) is 19.4 Å². The lowest BCUT2D eigenvalue weighted by Crippen LogP contribution is -2.39. The maximum atomic E-state index is 12.1. The topological polar surface area (TPSA) is 59.6 Å². The van der Waals surface area contributed by atoms with Crippen molar-refractivity contribution < 1.29 is 14.3 Å². The number of rotatable bonds is 9. The molecule has 0 saturated heterocycles. The molecule has 1 aromatic carbocycles. The lowest BCUT2D eigenvalue weighted by atomic mass is 10.2. The van der Waals surface area contributed by atoms with E-state index >= 15 is 0 Å². The van der Waals surface area contributed by atoms with Crippen LogP contribution in [0, 0.1) is 0 Å². The highest BCUT2D eigenvalue weighted by Crippen LogP contribution is 2.13. The largest absolute Gasteiger partial charge is 0.491 e. The minimum absolute atomic E-state index is 0.246. The zero-order valence-corrected chi connectivity index (χ0v) is 14.0. The molecule has 2 N–H and O–H groups in total. The summed E-state index contributed by atoms with van der Waals surface area (Å²) in [5.74, 6) is 0.390. The molecule has 22 heavy (non-hydrogen) atoms. The molecule has 0 aliphatic rings. The van der Waals surface area contributed by atoms with Crippen molar-refractivity contribution in [1.82, 2.24) is 10.6 Å². The molecule has 0 atom stereocenters. The number of ether oxygens (including phenoxy) is 2. The summed E-state index contributed by atoms with van der Waals surface area (Å²) in [6.07, 6.45) is 2.09. The minimum Gasteiger partial charge on any atom is -0.491 e. The number of amides is 1. The molecular weight excluding hydrogens is 300 g/mol. The van der Waals surface area contributed by atoms with Crippen LogP contribution >= 0.6 is 12.2 Å². The summed E-state index contributed by atoms with van der Waals surface area (Å²) < 4.78 is 10.7. The van der Waals surface area contributed by atoms with E-state index < -0.39 is 0 Å². The summed E-state index contributed by atoms with van der Waals surface area (Å²) >= 11 is 5.08. The Labute approximate surface area is 137 Å². The van der Waals surface area contributed by atoms with Crippen LogP contribution in [0.3, 0.4) is 0 Å². The Morgan fingerprint density at radius 2 is 2.09 bits per heavy atom. The van der Waals surface area contributed by atoms with E-state index in [0.29, 0.717) is 36.2 Å². The molecule has 1 rings (SSSR count). The molecule has 1 amide bonds. The molecule has 0 heterocycles. The van der Waals surface area contributed by atoms with Crippen LogP contribution in [0.25, 0.3) is 0 Å². The van der Waals surface area contributed by atoms with Crippen LogP contribution in [0.4, 0.5) is 0 Å². The fraction of sp³-hybridized carbons (Fsp3) is 0.500. The van der Waals surface area contributed by atoms with Gasteiger partial charge in [0.2, 0.25) is 0 Å². The van der Waals surface area contributed by atoms with Crippen LogP contribution < -0.4 is 15.4 Å². The van der Waals surface area contributed by atoms with Crippen molar-refractivity contribution in [2.45, 2.75) is 26.7 Å². The summed E-state index contributed by atoms with van der Waals surface area (Å²) in [5.41, 5.74) is 0.508. The van der Waals surface area contributed by atoms with E-state index in [-0.39, 0.29) is 5.91 Å². The van der Waals surface area contributed by atoms with E-state index in [0.717, 1.165) is 19.4 Å². The first-order valence-corrected chi connectivity index (χ1v) is 7.98. The zero-order chi connectivity index (χ0) is 16.2. The number of hydrogen-bond donors (Lipinski definition) is 2. The summed E-state index contributed by atoms with van der Waals surface area (Å²) in [7, 11) is 0. The van der Waals surface area contributed by atoms with Gasteiger partial charge in [0.1, 0.15) is 12.4 Å². The Balaban J connectivity index is 2.46. The third-order valence-electron chi connectivity index (χ3n) is 2.84. The highest BCUT2D eigenvalue weighted by molar-refractivity contribution is 7.80. The van der Waals surface area contributed by atoms with E-state index in [2.05, 4.69) is 17.6 Å². The van der Waals surface area contributed by atoms with Crippen molar-refractivity contribution in [3.63, 3.8) is 0 Å². The van der Waals surface area contributed by atoms with E-state index in [1.54, 1.807) is 24.3 Å². The standard InChI is InChI=1S/C16H24N2O3S/c1-3-5-9-17-16(22)18-15(19)13-7-6-8-14(12-13)21-11-10-20-4-2/h6-8,12H,3-5,9-11H2,1-2H3,(H2,17,18,19,22). The molecule has 0 aromatic heterocycles. The van der Waals surface area contributed by atoms with Gasteiger partial charge in [0.05, 0.1) is 6.61 Å². The van der Waals surface area contributed by atoms with Crippen molar-refractivity contribution in [3.8, 4) is 5.75 Å². The maximum Gasteiger partial charge on any atom is 0.257 e. The van der Waals surface area contributed by atoms with Gasteiger partial charge in [-0.15, -0.1) is 0 Å². The highest BCUT2D eigenvalue weighted by atomic mass is 32.1. The highest BCUT2D eigenvalue weighted by Gasteiger charge is 2.08. The first-order chi connectivity index (χ1) is 10.7. The lowest BCUT2D eigenvalue weighted by molar-refractivity contribution is 0.0975.